The van der Waals surface area contributed by atoms with Crippen molar-refractivity contribution in [1.29, 1.82) is 0 Å². The van der Waals surface area contributed by atoms with Crippen LogP contribution in [0.3, 0.4) is 0 Å². The van der Waals surface area contributed by atoms with Crippen LogP contribution in [0.2, 0.25) is 0 Å². The van der Waals surface area contributed by atoms with Gasteiger partial charge < -0.3 is 5.32 Å². The monoisotopic (exact) mass is 454 g/mol. The topological polar surface area (TPSA) is 66.5 Å². The lowest BCUT2D eigenvalue weighted by atomic mass is 10.1. The zero-order valence-corrected chi connectivity index (χ0v) is 17.7. The van der Waals surface area contributed by atoms with Gasteiger partial charge in [0.15, 0.2) is 0 Å². The number of hydrogen-bond acceptors (Lipinski definition) is 5. The quantitative estimate of drug-likeness (QED) is 0.425. The number of hydrogen-bond donors (Lipinski definition) is 1. The van der Waals surface area contributed by atoms with Crippen molar-refractivity contribution in [2.24, 2.45) is 0 Å². The lowest BCUT2D eigenvalue weighted by Gasteiger charge is -2.48. The number of nitrogens with zero attached hydrogens (tertiary/aromatic N) is 1. The predicted octanol–water partition coefficient (Wildman–Crippen LogP) is 3.40. The van der Waals surface area contributed by atoms with Gasteiger partial charge in [-0.2, -0.15) is 0 Å². The SMILES string of the molecule is Cl.O=C(CSc1ccc2ccccc2c1)NC1C(=O)N2C(C(=O)Cl)=CCSC12. The second-order valence-corrected chi connectivity index (χ2v) is 8.68. The Morgan fingerprint density at radius 3 is 2.71 bits per heavy atom. The van der Waals surface area contributed by atoms with Crippen LogP contribution in [-0.4, -0.2) is 44.9 Å². The fraction of sp³-hybridized carbons (Fsp3) is 0.211. The van der Waals surface area contributed by atoms with E-state index in [9.17, 15) is 14.4 Å². The number of halogens is 2. The minimum atomic E-state index is -0.648. The minimum Gasteiger partial charge on any atom is -0.341 e. The summed E-state index contributed by atoms with van der Waals surface area (Å²) in [6, 6.07) is 13.5. The van der Waals surface area contributed by atoms with Crippen LogP contribution in [0.25, 0.3) is 10.8 Å². The Hall–Kier alpha value is -1.67. The van der Waals surface area contributed by atoms with Crippen molar-refractivity contribution >= 4 is 75.4 Å². The highest BCUT2D eigenvalue weighted by molar-refractivity contribution is 8.00. The van der Waals surface area contributed by atoms with Gasteiger partial charge >= 0.3 is 0 Å². The van der Waals surface area contributed by atoms with Crippen molar-refractivity contribution in [1.82, 2.24) is 10.2 Å². The predicted molar refractivity (Wildman–Crippen MR) is 116 cm³/mol. The molecular weight excluding hydrogens is 439 g/mol. The average Bonchev–Trinajstić information content (AvgIpc) is 2.69. The van der Waals surface area contributed by atoms with Gasteiger partial charge in [0.25, 0.3) is 11.1 Å². The van der Waals surface area contributed by atoms with Gasteiger partial charge in [0, 0.05) is 10.6 Å². The van der Waals surface area contributed by atoms with Gasteiger partial charge in [0.05, 0.1) is 5.75 Å². The molecule has 2 atom stereocenters. The largest absolute Gasteiger partial charge is 0.341 e. The highest BCUT2D eigenvalue weighted by atomic mass is 35.5. The Balaban J connectivity index is 0.00000225. The van der Waals surface area contributed by atoms with E-state index >= 15 is 0 Å². The Kier molecular flexibility index (Phi) is 6.60. The van der Waals surface area contributed by atoms with E-state index in [1.807, 2.05) is 42.5 Å². The minimum absolute atomic E-state index is 0. The van der Waals surface area contributed by atoms with Crippen LogP contribution < -0.4 is 5.32 Å². The van der Waals surface area contributed by atoms with Crippen molar-refractivity contribution in [3.63, 3.8) is 0 Å². The molecule has 0 saturated carbocycles. The first-order chi connectivity index (χ1) is 13.0. The lowest BCUT2D eigenvalue weighted by Crippen LogP contribution is -2.70. The van der Waals surface area contributed by atoms with Crippen LogP contribution in [0.4, 0.5) is 0 Å². The molecule has 2 aromatic carbocycles. The fourth-order valence-corrected chi connectivity index (χ4v) is 5.26. The molecule has 2 aliphatic heterocycles. The second-order valence-electron chi connectivity index (χ2n) is 6.14. The van der Waals surface area contributed by atoms with Crippen LogP contribution in [-0.2, 0) is 14.4 Å². The Morgan fingerprint density at radius 1 is 1.21 bits per heavy atom. The number of benzene rings is 2. The van der Waals surface area contributed by atoms with Gasteiger partial charge in [-0.1, -0.05) is 30.3 Å². The fourth-order valence-electron chi connectivity index (χ4n) is 3.14. The molecule has 1 saturated heterocycles. The van der Waals surface area contributed by atoms with E-state index in [2.05, 4.69) is 5.32 Å². The number of allylic oxidation sites excluding steroid dienone is 1. The van der Waals surface area contributed by atoms with Gasteiger partial charge in [-0.15, -0.1) is 35.9 Å². The number of amides is 2. The number of β-lactam (4-membered cyclic amide) rings is 1. The van der Waals surface area contributed by atoms with Gasteiger partial charge in [-0.3, -0.25) is 19.3 Å². The number of rotatable bonds is 5. The summed E-state index contributed by atoms with van der Waals surface area (Å²) in [6.45, 7) is 0. The molecule has 2 aliphatic rings. The summed E-state index contributed by atoms with van der Waals surface area (Å²) < 4.78 is 0. The highest BCUT2D eigenvalue weighted by Crippen LogP contribution is 2.38. The van der Waals surface area contributed by atoms with E-state index < -0.39 is 11.3 Å². The summed E-state index contributed by atoms with van der Waals surface area (Å²) in [6.07, 6.45) is 1.64. The number of nitrogens with one attached hydrogen (secondary N) is 1. The maximum atomic E-state index is 12.3. The molecule has 9 heteroatoms. The van der Waals surface area contributed by atoms with Crippen LogP contribution >= 0.6 is 47.5 Å². The maximum absolute atomic E-state index is 12.3. The van der Waals surface area contributed by atoms with Gasteiger partial charge in [0.1, 0.15) is 17.1 Å². The average molecular weight is 455 g/mol. The van der Waals surface area contributed by atoms with Crippen LogP contribution in [0.15, 0.2) is 59.1 Å². The van der Waals surface area contributed by atoms with Gasteiger partial charge in [-0.25, -0.2) is 0 Å². The summed E-state index contributed by atoms with van der Waals surface area (Å²) >= 11 is 8.45. The molecule has 0 aromatic heterocycles. The zero-order chi connectivity index (χ0) is 19.0. The number of fused-ring (bicyclic) bond motifs is 2. The first-order valence-corrected chi connectivity index (χ1v) is 10.7. The van der Waals surface area contributed by atoms with Crippen LogP contribution in [0, 0.1) is 0 Å². The smallest absolute Gasteiger partial charge is 0.268 e. The second kappa shape index (κ2) is 8.78. The van der Waals surface area contributed by atoms with Crippen molar-refractivity contribution in [2.75, 3.05) is 11.5 Å². The molecule has 5 nitrogen and oxygen atoms in total. The molecule has 0 radical (unpaired) electrons. The third kappa shape index (κ3) is 4.03. The summed E-state index contributed by atoms with van der Waals surface area (Å²) in [5.74, 6) is 0.299. The molecule has 2 heterocycles. The third-order valence-corrected chi connectivity index (χ3v) is 6.83. The van der Waals surface area contributed by atoms with Crippen LogP contribution in [0.1, 0.15) is 0 Å². The summed E-state index contributed by atoms with van der Waals surface area (Å²) in [7, 11) is 0. The number of carbonyl (C=O) groups is 3. The molecule has 2 unspecified atom stereocenters. The first kappa shape index (κ1) is 21.0. The Labute approximate surface area is 181 Å². The van der Waals surface area contributed by atoms with Gasteiger partial charge in [-0.05, 0) is 40.6 Å². The van der Waals surface area contributed by atoms with Crippen molar-refractivity contribution in [3.8, 4) is 0 Å². The third-order valence-electron chi connectivity index (χ3n) is 4.46. The molecule has 146 valence electrons. The molecule has 1 N–H and O–H groups in total. The summed E-state index contributed by atoms with van der Waals surface area (Å²) in [5.41, 5.74) is 0.210. The molecule has 0 bridgehead atoms. The van der Waals surface area contributed by atoms with E-state index in [0.29, 0.717) is 5.75 Å². The molecule has 1 fully saturated rings. The van der Waals surface area contributed by atoms with E-state index in [1.54, 1.807) is 6.08 Å². The van der Waals surface area contributed by atoms with Crippen molar-refractivity contribution in [3.05, 3.63) is 54.2 Å². The van der Waals surface area contributed by atoms with E-state index in [4.69, 9.17) is 11.6 Å². The lowest BCUT2D eigenvalue weighted by molar-refractivity contribution is -0.146. The van der Waals surface area contributed by atoms with E-state index in [0.717, 1.165) is 15.7 Å². The number of thioether (sulfide) groups is 2. The molecule has 0 spiro atoms. The van der Waals surface area contributed by atoms with Crippen LogP contribution in [0.5, 0.6) is 0 Å². The molecule has 0 aliphatic carbocycles. The Morgan fingerprint density at radius 2 is 1.96 bits per heavy atom. The molecule has 4 rings (SSSR count). The molecule has 28 heavy (non-hydrogen) atoms. The summed E-state index contributed by atoms with van der Waals surface area (Å²) in [5, 5.41) is 4.14. The number of carbonyl (C=O) groups excluding carboxylic acids is 3. The first-order valence-electron chi connectivity index (χ1n) is 8.30. The van der Waals surface area contributed by atoms with E-state index in [-0.39, 0.29) is 41.0 Å². The van der Waals surface area contributed by atoms with Gasteiger partial charge in [0.2, 0.25) is 5.91 Å². The van der Waals surface area contributed by atoms with Crippen molar-refractivity contribution < 1.29 is 14.4 Å². The zero-order valence-electron chi connectivity index (χ0n) is 14.5. The van der Waals surface area contributed by atoms with Crippen molar-refractivity contribution in [2.45, 2.75) is 16.3 Å². The normalized spacial score (nSPS) is 20.5. The molecular formula is C19H16Cl2N2O3S2. The highest BCUT2D eigenvalue weighted by Gasteiger charge is 2.52. The maximum Gasteiger partial charge on any atom is 0.268 e. The molecule has 2 amide bonds. The summed E-state index contributed by atoms with van der Waals surface area (Å²) in [4.78, 5) is 38.4. The molecule has 2 aromatic rings. The standard InChI is InChI=1S/C19H15ClN2O3S2.ClH/c20-17(24)14-7-8-26-19-16(18(25)22(14)19)21-15(23)10-27-13-6-5-11-3-1-2-4-12(11)9-13;/h1-7,9,16,19H,8,10H2,(H,21,23);1H. The van der Waals surface area contributed by atoms with E-state index in [1.165, 1.54) is 28.4 Å². The Bertz CT molecular complexity index is 983.